The summed E-state index contributed by atoms with van der Waals surface area (Å²) in [5, 5.41) is 6.87. The van der Waals surface area contributed by atoms with Crippen LogP contribution in [0.4, 0.5) is 0 Å². The minimum atomic E-state index is -0.275. The lowest BCUT2D eigenvalue weighted by Gasteiger charge is -2.12. The molecule has 2 rings (SSSR count). The molecule has 2 aromatic rings. The van der Waals surface area contributed by atoms with Gasteiger partial charge in [-0.1, -0.05) is 25.9 Å². The molecule has 6 nitrogen and oxygen atoms in total. The molecule has 0 aliphatic rings. The van der Waals surface area contributed by atoms with Crippen LogP contribution in [-0.4, -0.2) is 20.6 Å². The van der Waals surface area contributed by atoms with Crippen LogP contribution in [0.5, 0.6) is 0 Å². The van der Waals surface area contributed by atoms with Gasteiger partial charge in [-0.2, -0.15) is 4.98 Å². The maximum atomic E-state index is 11.9. The highest BCUT2D eigenvalue weighted by atomic mass is 16.5. The number of hydrogen-bond acceptors (Lipinski definition) is 4. The lowest BCUT2D eigenvalue weighted by Crippen LogP contribution is -2.27. The minimum absolute atomic E-state index is 0.00448. The van der Waals surface area contributed by atoms with Crippen molar-refractivity contribution < 1.29 is 9.32 Å². The Balaban J connectivity index is 1.79. The summed E-state index contributed by atoms with van der Waals surface area (Å²) in [7, 11) is 0. The van der Waals surface area contributed by atoms with Crippen molar-refractivity contribution in [2.24, 2.45) is 0 Å². The van der Waals surface area contributed by atoms with Gasteiger partial charge >= 0.3 is 0 Å². The topological polar surface area (TPSA) is 73.0 Å². The predicted octanol–water partition coefficient (Wildman–Crippen LogP) is 2.83. The van der Waals surface area contributed by atoms with Crippen molar-refractivity contribution in [2.75, 3.05) is 0 Å². The molecule has 0 aromatic carbocycles. The molecule has 0 bridgehead atoms. The molecule has 0 fully saturated rings. The molecule has 0 aliphatic heterocycles. The lowest BCUT2D eigenvalue weighted by molar-refractivity contribution is -0.122. The molecule has 0 spiro atoms. The number of nitrogens with one attached hydrogen (secondary N) is 1. The second kappa shape index (κ2) is 6.77. The SMILES string of the molecule is C[C@@H](NC(=O)CCCn1cccc1)c1nc(C(C)(C)C)no1. The fraction of sp³-hybridized carbons (Fsp3) is 0.562. The van der Waals surface area contributed by atoms with Crippen LogP contribution in [0.2, 0.25) is 0 Å². The zero-order valence-electron chi connectivity index (χ0n) is 13.7. The van der Waals surface area contributed by atoms with E-state index in [4.69, 9.17) is 4.52 Å². The largest absolute Gasteiger partial charge is 0.354 e. The third-order valence-corrected chi connectivity index (χ3v) is 3.35. The molecule has 0 saturated carbocycles. The molecule has 0 saturated heterocycles. The average molecular weight is 304 g/mol. The van der Waals surface area contributed by atoms with Gasteiger partial charge in [-0.15, -0.1) is 0 Å². The third kappa shape index (κ3) is 4.44. The Morgan fingerprint density at radius 3 is 2.64 bits per heavy atom. The molecule has 1 N–H and O–H groups in total. The van der Waals surface area contributed by atoms with E-state index >= 15 is 0 Å². The molecule has 2 heterocycles. The summed E-state index contributed by atoms with van der Waals surface area (Å²) in [4.78, 5) is 16.3. The number of hydrogen-bond donors (Lipinski definition) is 1. The second-order valence-corrected chi connectivity index (χ2v) is 6.52. The van der Waals surface area contributed by atoms with E-state index in [1.807, 2.05) is 52.2 Å². The summed E-state index contributed by atoms with van der Waals surface area (Å²) in [5.41, 5.74) is -0.164. The fourth-order valence-corrected chi connectivity index (χ4v) is 2.03. The number of carbonyl (C=O) groups excluding carboxylic acids is 1. The molecule has 1 amide bonds. The van der Waals surface area contributed by atoms with Gasteiger partial charge in [0.15, 0.2) is 5.82 Å². The Labute approximate surface area is 130 Å². The van der Waals surface area contributed by atoms with Gasteiger partial charge in [-0.25, -0.2) is 0 Å². The first-order chi connectivity index (χ1) is 10.4. The molecular formula is C16H24N4O2. The summed E-state index contributed by atoms with van der Waals surface area (Å²) in [6, 6.07) is 3.68. The highest BCUT2D eigenvalue weighted by molar-refractivity contribution is 5.76. The number of carbonyl (C=O) groups is 1. The van der Waals surface area contributed by atoms with Crippen LogP contribution in [0.3, 0.4) is 0 Å². The summed E-state index contributed by atoms with van der Waals surface area (Å²) < 4.78 is 7.30. The molecule has 0 unspecified atom stereocenters. The van der Waals surface area contributed by atoms with Gasteiger partial charge < -0.3 is 14.4 Å². The molecular weight excluding hydrogens is 280 g/mol. The van der Waals surface area contributed by atoms with Crippen LogP contribution >= 0.6 is 0 Å². The highest BCUT2D eigenvalue weighted by Gasteiger charge is 2.23. The predicted molar refractivity (Wildman–Crippen MR) is 83.2 cm³/mol. The van der Waals surface area contributed by atoms with Crippen molar-refractivity contribution in [3.8, 4) is 0 Å². The van der Waals surface area contributed by atoms with E-state index in [1.54, 1.807) is 0 Å². The maximum Gasteiger partial charge on any atom is 0.248 e. The number of amides is 1. The molecule has 2 aromatic heterocycles. The van der Waals surface area contributed by atoms with Crippen molar-refractivity contribution in [3.63, 3.8) is 0 Å². The van der Waals surface area contributed by atoms with Crippen LogP contribution in [-0.2, 0) is 16.8 Å². The first kappa shape index (κ1) is 16.3. The Morgan fingerprint density at radius 1 is 1.36 bits per heavy atom. The molecule has 22 heavy (non-hydrogen) atoms. The van der Waals surface area contributed by atoms with Gasteiger partial charge in [0.2, 0.25) is 11.8 Å². The highest BCUT2D eigenvalue weighted by Crippen LogP contribution is 2.20. The quantitative estimate of drug-likeness (QED) is 0.890. The smallest absolute Gasteiger partial charge is 0.248 e. The molecule has 0 radical (unpaired) electrons. The Hall–Kier alpha value is -2.11. The first-order valence-corrected chi connectivity index (χ1v) is 7.60. The van der Waals surface area contributed by atoms with Crippen LogP contribution in [0.25, 0.3) is 0 Å². The van der Waals surface area contributed by atoms with E-state index < -0.39 is 0 Å². The lowest BCUT2D eigenvalue weighted by atomic mass is 9.96. The maximum absolute atomic E-state index is 11.9. The number of aryl methyl sites for hydroxylation is 1. The average Bonchev–Trinajstić information content (AvgIpc) is 3.09. The molecule has 6 heteroatoms. The van der Waals surface area contributed by atoms with Crippen LogP contribution in [0.1, 0.15) is 58.3 Å². The molecule has 0 aliphatic carbocycles. The van der Waals surface area contributed by atoms with Crippen molar-refractivity contribution >= 4 is 5.91 Å². The monoisotopic (exact) mass is 304 g/mol. The summed E-state index contributed by atoms with van der Waals surface area (Å²) in [6.45, 7) is 8.75. The van der Waals surface area contributed by atoms with Gasteiger partial charge in [-0.05, 0) is 25.5 Å². The summed E-state index contributed by atoms with van der Waals surface area (Å²) in [5.74, 6) is 1.09. The van der Waals surface area contributed by atoms with E-state index in [1.165, 1.54) is 0 Å². The van der Waals surface area contributed by atoms with Gasteiger partial charge in [0.05, 0.1) is 0 Å². The van der Waals surface area contributed by atoms with Crippen LogP contribution < -0.4 is 5.32 Å². The zero-order valence-corrected chi connectivity index (χ0v) is 13.7. The second-order valence-electron chi connectivity index (χ2n) is 6.52. The summed E-state index contributed by atoms with van der Waals surface area (Å²) in [6.07, 6.45) is 5.26. The first-order valence-electron chi connectivity index (χ1n) is 7.60. The van der Waals surface area contributed by atoms with E-state index in [0.717, 1.165) is 13.0 Å². The normalized spacial score (nSPS) is 13.1. The van der Waals surface area contributed by atoms with Crippen molar-refractivity contribution in [1.29, 1.82) is 0 Å². The van der Waals surface area contributed by atoms with Crippen LogP contribution in [0.15, 0.2) is 29.0 Å². The van der Waals surface area contributed by atoms with Crippen molar-refractivity contribution in [1.82, 2.24) is 20.0 Å². The van der Waals surface area contributed by atoms with E-state index in [9.17, 15) is 4.79 Å². The molecule has 120 valence electrons. The Kier molecular flexibility index (Phi) is 5.00. The molecule has 1 atom stereocenters. The van der Waals surface area contributed by atoms with Crippen LogP contribution in [0, 0.1) is 0 Å². The van der Waals surface area contributed by atoms with Gasteiger partial charge in [-0.3, -0.25) is 4.79 Å². The van der Waals surface area contributed by atoms with Gasteiger partial charge in [0.1, 0.15) is 6.04 Å². The Morgan fingerprint density at radius 2 is 2.05 bits per heavy atom. The van der Waals surface area contributed by atoms with E-state index in [2.05, 4.69) is 20.0 Å². The zero-order chi connectivity index (χ0) is 16.2. The standard InChI is InChI=1S/C16H24N4O2/c1-12(14-18-15(19-22-14)16(2,3)4)17-13(21)8-7-11-20-9-5-6-10-20/h5-6,9-10,12H,7-8,11H2,1-4H3,(H,17,21)/t12-/m1/s1. The number of nitrogens with zero attached hydrogens (tertiary/aromatic N) is 3. The number of rotatable bonds is 6. The number of aromatic nitrogens is 3. The fourth-order valence-electron chi connectivity index (χ4n) is 2.03. The Bertz CT molecular complexity index is 596. The summed E-state index contributed by atoms with van der Waals surface area (Å²) >= 11 is 0. The van der Waals surface area contributed by atoms with Crippen molar-refractivity contribution in [2.45, 2.75) is 58.5 Å². The van der Waals surface area contributed by atoms with E-state index in [0.29, 0.717) is 18.1 Å². The minimum Gasteiger partial charge on any atom is -0.354 e. The third-order valence-electron chi connectivity index (χ3n) is 3.35. The van der Waals surface area contributed by atoms with E-state index in [-0.39, 0.29) is 17.4 Å². The van der Waals surface area contributed by atoms with Gasteiger partial charge in [0.25, 0.3) is 0 Å². The van der Waals surface area contributed by atoms with Crippen molar-refractivity contribution in [3.05, 3.63) is 36.2 Å². The van der Waals surface area contributed by atoms with Gasteiger partial charge in [0, 0.05) is 30.8 Å².